The largest absolute Gasteiger partial charge is 0.494 e. The van der Waals surface area contributed by atoms with E-state index in [-0.39, 0.29) is 17.5 Å². The fourth-order valence-electron chi connectivity index (χ4n) is 3.88. The summed E-state index contributed by atoms with van der Waals surface area (Å²) in [6, 6.07) is 12.9. The van der Waals surface area contributed by atoms with E-state index in [4.69, 9.17) is 4.99 Å². The average molecular weight is 361 g/mol. The SMILES string of the molecule is C[C@H]1CCCC[C@H]1N=Cc1c(O)n(-c2ccccn2)c(=O)c2ccccc12. The molecule has 0 spiro atoms. The Balaban J connectivity index is 1.90. The zero-order valence-corrected chi connectivity index (χ0v) is 15.4. The molecule has 1 aliphatic carbocycles. The molecule has 5 heteroatoms. The minimum Gasteiger partial charge on any atom is -0.494 e. The van der Waals surface area contributed by atoms with Crippen LogP contribution in [0, 0.1) is 5.92 Å². The molecule has 0 amide bonds. The van der Waals surface area contributed by atoms with Crippen molar-refractivity contribution in [2.75, 3.05) is 0 Å². The first-order valence-corrected chi connectivity index (χ1v) is 9.48. The molecule has 1 aliphatic rings. The molecule has 0 radical (unpaired) electrons. The quantitative estimate of drug-likeness (QED) is 0.715. The van der Waals surface area contributed by atoms with E-state index in [1.165, 1.54) is 23.8 Å². The third-order valence-electron chi connectivity index (χ3n) is 5.44. The molecule has 1 fully saturated rings. The predicted molar refractivity (Wildman–Crippen MR) is 108 cm³/mol. The van der Waals surface area contributed by atoms with Gasteiger partial charge in [0.2, 0.25) is 5.88 Å². The maximum absolute atomic E-state index is 13.0. The number of pyridine rings is 2. The maximum atomic E-state index is 13.0. The summed E-state index contributed by atoms with van der Waals surface area (Å²) in [7, 11) is 0. The van der Waals surface area contributed by atoms with Gasteiger partial charge in [-0.3, -0.25) is 9.79 Å². The molecule has 1 aromatic carbocycles. The van der Waals surface area contributed by atoms with Crippen LogP contribution in [-0.2, 0) is 0 Å². The van der Waals surface area contributed by atoms with Gasteiger partial charge in [-0.2, -0.15) is 0 Å². The van der Waals surface area contributed by atoms with Gasteiger partial charge in [0.25, 0.3) is 5.56 Å². The summed E-state index contributed by atoms with van der Waals surface area (Å²) in [5, 5.41) is 12.2. The molecule has 1 saturated carbocycles. The minimum absolute atomic E-state index is 0.121. The van der Waals surface area contributed by atoms with E-state index in [1.807, 2.05) is 18.2 Å². The summed E-state index contributed by atoms with van der Waals surface area (Å²) in [6.07, 6.45) is 8.04. The second-order valence-corrected chi connectivity index (χ2v) is 7.22. The van der Waals surface area contributed by atoms with Gasteiger partial charge < -0.3 is 5.11 Å². The molecule has 0 aliphatic heterocycles. The number of hydrogen-bond acceptors (Lipinski definition) is 4. The van der Waals surface area contributed by atoms with Crippen molar-refractivity contribution in [1.82, 2.24) is 9.55 Å². The van der Waals surface area contributed by atoms with Crippen molar-refractivity contribution >= 4 is 17.0 Å². The Kier molecular flexibility index (Phi) is 4.75. The van der Waals surface area contributed by atoms with Gasteiger partial charge in [0.05, 0.1) is 11.6 Å². The summed E-state index contributed by atoms with van der Waals surface area (Å²) in [4.78, 5) is 22.0. The lowest BCUT2D eigenvalue weighted by atomic mass is 9.86. The van der Waals surface area contributed by atoms with Crippen LogP contribution >= 0.6 is 0 Å². The predicted octanol–water partition coefficient (Wildman–Crippen LogP) is 4.09. The van der Waals surface area contributed by atoms with Crippen LogP contribution in [-0.4, -0.2) is 26.9 Å². The Morgan fingerprint density at radius 1 is 1.11 bits per heavy atom. The molecule has 4 rings (SSSR count). The first-order chi connectivity index (χ1) is 13.2. The second-order valence-electron chi connectivity index (χ2n) is 7.22. The van der Waals surface area contributed by atoms with Crippen LogP contribution in [0.25, 0.3) is 16.6 Å². The Morgan fingerprint density at radius 3 is 2.59 bits per heavy atom. The lowest BCUT2D eigenvalue weighted by Crippen LogP contribution is -2.22. The number of hydrogen-bond donors (Lipinski definition) is 1. The fourth-order valence-corrected chi connectivity index (χ4v) is 3.88. The van der Waals surface area contributed by atoms with E-state index in [1.54, 1.807) is 36.7 Å². The number of fused-ring (bicyclic) bond motifs is 1. The molecule has 1 N–H and O–H groups in total. The van der Waals surface area contributed by atoms with Gasteiger partial charge in [-0.1, -0.05) is 44.0 Å². The molecule has 2 heterocycles. The van der Waals surface area contributed by atoms with E-state index in [0.717, 1.165) is 6.42 Å². The van der Waals surface area contributed by atoms with Crippen LogP contribution in [0.1, 0.15) is 38.2 Å². The highest BCUT2D eigenvalue weighted by molar-refractivity contribution is 6.01. The third kappa shape index (κ3) is 3.25. The highest BCUT2D eigenvalue weighted by Gasteiger charge is 2.21. The van der Waals surface area contributed by atoms with Crippen LogP contribution in [0.4, 0.5) is 0 Å². The van der Waals surface area contributed by atoms with E-state index in [9.17, 15) is 9.90 Å². The summed E-state index contributed by atoms with van der Waals surface area (Å²) < 4.78 is 1.26. The molecule has 0 unspecified atom stereocenters. The zero-order chi connectivity index (χ0) is 18.8. The topological polar surface area (TPSA) is 67.5 Å². The van der Waals surface area contributed by atoms with Crippen LogP contribution < -0.4 is 5.56 Å². The number of rotatable bonds is 3. The first-order valence-electron chi connectivity index (χ1n) is 9.48. The molecule has 0 bridgehead atoms. The minimum atomic E-state index is -0.287. The highest BCUT2D eigenvalue weighted by atomic mass is 16.3. The maximum Gasteiger partial charge on any atom is 0.267 e. The molecular formula is C22H23N3O2. The molecule has 2 atom stereocenters. The van der Waals surface area contributed by atoms with Gasteiger partial charge >= 0.3 is 0 Å². The lowest BCUT2D eigenvalue weighted by molar-refractivity contribution is 0.333. The number of aliphatic imine (C=N–C) groups is 1. The monoisotopic (exact) mass is 361 g/mol. The summed E-state index contributed by atoms with van der Waals surface area (Å²) in [6.45, 7) is 2.23. The van der Waals surface area contributed by atoms with Crippen LogP contribution in [0.15, 0.2) is 58.4 Å². The van der Waals surface area contributed by atoms with Crippen molar-refractivity contribution in [2.24, 2.45) is 10.9 Å². The Morgan fingerprint density at radius 2 is 1.85 bits per heavy atom. The summed E-state index contributed by atoms with van der Waals surface area (Å²) >= 11 is 0. The average Bonchev–Trinajstić information content (AvgIpc) is 2.70. The van der Waals surface area contributed by atoms with Gasteiger partial charge in [0, 0.05) is 23.2 Å². The van der Waals surface area contributed by atoms with Crippen molar-refractivity contribution in [3.8, 4) is 11.7 Å². The van der Waals surface area contributed by atoms with Gasteiger partial charge in [-0.05, 0) is 37.0 Å². The van der Waals surface area contributed by atoms with Gasteiger partial charge in [0.15, 0.2) is 0 Å². The zero-order valence-electron chi connectivity index (χ0n) is 15.4. The Hall–Kier alpha value is -2.95. The molecule has 138 valence electrons. The number of aromatic hydroxyl groups is 1. The standard InChI is InChI=1S/C22H23N3O2/c1-15-8-2-5-11-19(15)24-14-18-16-9-3-4-10-17(16)21(26)25(22(18)27)20-12-6-7-13-23-20/h3-4,6-7,9-10,12-15,19,27H,2,5,8,11H2,1H3/t15-,19+/m0/s1. The van der Waals surface area contributed by atoms with Gasteiger partial charge in [-0.15, -0.1) is 0 Å². The first kappa shape index (κ1) is 17.5. The van der Waals surface area contributed by atoms with Crippen LogP contribution in [0.3, 0.4) is 0 Å². The Labute approximate surface area is 158 Å². The number of benzene rings is 1. The van der Waals surface area contributed by atoms with Crippen molar-refractivity contribution in [1.29, 1.82) is 0 Å². The number of aromatic nitrogens is 2. The lowest BCUT2D eigenvalue weighted by Gasteiger charge is -2.25. The van der Waals surface area contributed by atoms with E-state index in [2.05, 4.69) is 11.9 Å². The summed E-state index contributed by atoms with van der Waals surface area (Å²) in [5.41, 5.74) is 0.276. The third-order valence-corrected chi connectivity index (χ3v) is 5.44. The molecule has 0 saturated heterocycles. The van der Waals surface area contributed by atoms with Crippen molar-refractivity contribution in [2.45, 2.75) is 38.6 Å². The van der Waals surface area contributed by atoms with Crippen molar-refractivity contribution in [3.05, 3.63) is 64.6 Å². The second kappa shape index (κ2) is 7.35. The van der Waals surface area contributed by atoms with E-state index < -0.39 is 0 Å². The van der Waals surface area contributed by atoms with Gasteiger partial charge in [-0.25, -0.2) is 9.55 Å². The van der Waals surface area contributed by atoms with E-state index in [0.29, 0.717) is 28.1 Å². The fraction of sp³-hybridized carbons (Fsp3) is 0.318. The van der Waals surface area contributed by atoms with Gasteiger partial charge in [0.1, 0.15) is 5.82 Å². The summed E-state index contributed by atoms with van der Waals surface area (Å²) in [5.74, 6) is 0.807. The normalized spacial score (nSPS) is 20.3. The molecular weight excluding hydrogens is 338 g/mol. The van der Waals surface area contributed by atoms with Crippen molar-refractivity contribution < 1.29 is 5.11 Å². The smallest absolute Gasteiger partial charge is 0.267 e. The number of nitrogens with zero attached hydrogens (tertiary/aromatic N) is 3. The molecule has 27 heavy (non-hydrogen) atoms. The van der Waals surface area contributed by atoms with Crippen molar-refractivity contribution in [3.63, 3.8) is 0 Å². The Bertz CT molecular complexity index is 1040. The van der Waals surface area contributed by atoms with Crippen LogP contribution in [0.2, 0.25) is 0 Å². The highest BCUT2D eigenvalue weighted by Crippen LogP contribution is 2.28. The van der Waals surface area contributed by atoms with Crippen LogP contribution in [0.5, 0.6) is 5.88 Å². The molecule has 3 aromatic rings. The molecule has 5 nitrogen and oxygen atoms in total. The van der Waals surface area contributed by atoms with E-state index >= 15 is 0 Å². The molecule has 2 aromatic heterocycles.